The molecule has 0 fully saturated rings. The van der Waals surface area contributed by atoms with Crippen LogP contribution in [0, 0.1) is 0 Å². The van der Waals surface area contributed by atoms with Crippen LogP contribution in [0.2, 0.25) is 10.0 Å². The molecule has 7 heteroatoms. The third-order valence-corrected chi connectivity index (χ3v) is 5.29. The van der Waals surface area contributed by atoms with Crippen LogP contribution in [0.4, 0.5) is 5.69 Å². The number of rotatable bonds is 4. The smallest absolute Gasteiger partial charge is 0.130 e. The Bertz CT molecular complexity index is 751. The van der Waals surface area contributed by atoms with Gasteiger partial charge in [0, 0.05) is 16.3 Å². The van der Waals surface area contributed by atoms with E-state index in [1.54, 1.807) is 17.4 Å². The molecule has 3 rings (SSSR count). The van der Waals surface area contributed by atoms with Crippen molar-refractivity contribution >= 4 is 63.0 Å². The van der Waals surface area contributed by atoms with Gasteiger partial charge in [-0.25, -0.2) is 0 Å². The van der Waals surface area contributed by atoms with Gasteiger partial charge in [-0.1, -0.05) is 30.1 Å². The Morgan fingerprint density at radius 1 is 1.10 bits per heavy atom. The number of anilines is 1. The summed E-state index contributed by atoms with van der Waals surface area (Å²) in [5.74, 6) is 0. The monoisotopic (exact) mass is 343 g/mol. The summed E-state index contributed by atoms with van der Waals surface area (Å²) in [6.07, 6.45) is 1.06. The second-order valence-electron chi connectivity index (χ2n) is 4.25. The van der Waals surface area contributed by atoms with E-state index in [0.29, 0.717) is 15.6 Å². The van der Waals surface area contributed by atoms with Crippen molar-refractivity contribution in [2.75, 3.05) is 5.32 Å². The summed E-state index contributed by atoms with van der Waals surface area (Å²) in [7, 11) is 0. The molecule has 104 valence electrons. The van der Waals surface area contributed by atoms with Gasteiger partial charge in [0.15, 0.2) is 0 Å². The first-order valence-electron chi connectivity index (χ1n) is 6.10. The van der Waals surface area contributed by atoms with Gasteiger partial charge in [-0.15, -0.1) is 11.3 Å². The second-order valence-corrected chi connectivity index (χ2v) is 6.85. The number of benzene rings is 1. The Hall–Kier alpha value is -0.880. The topological polar surface area (TPSA) is 37.8 Å². The van der Waals surface area contributed by atoms with Gasteiger partial charge in [0.05, 0.1) is 27.5 Å². The lowest BCUT2D eigenvalue weighted by Gasteiger charge is -2.08. The lowest BCUT2D eigenvalue weighted by Crippen LogP contribution is -1.99. The average molecular weight is 344 g/mol. The molecule has 0 saturated heterocycles. The van der Waals surface area contributed by atoms with Crippen LogP contribution in [0.15, 0.2) is 18.2 Å². The molecule has 0 spiro atoms. The van der Waals surface area contributed by atoms with Crippen molar-refractivity contribution in [3.63, 3.8) is 0 Å². The Balaban J connectivity index is 1.89. The van der Waals surface area contributed by atoms with Crippen molar-refractivity contribution in [3.05, 3.63) is 38.0 Å². The summed E-state index contributed by atoms with van der Waals surface area (Å²) in [5, 5.41) is 4.45. The molecule has 0 bridgehead atoms. The average Bonchev–Trinajstić information content (AvgIpc) is 3.06. The van der Waals surface area contributed by atoms with Crippen molar-refractivity contribution in [2.24, 2.45) is 0 Å². The Labute approximate surface area is 134 Å². The maximum Gasteiger partial charge on any atom is 0.130 e. The first kappa shape index (κ1) is 14.1. The summed E-state index contributed by atoms with van der Waals surface area (Å²) in [5.41, 5.74) is 2.23. The molecule has 0 aliphatic rings. The molecule has 3 aromatic rings. The molecule has 0 atom stereocenters. The van der Waals surface area contributed by atoms with E-state index < -0.39 is 0 Å². The fraction of sp³-hybridized carbons (Fsp3) is 0.231. The highest BCUT2D eigenvalue weighted by Crippen LogP contribution is 2.35. The van der Waals surface area contributed by atoms with E-state index >= 15 is 0 Å². The standard InChI is InChI=1S/C13H11Cl2N3S2/c1-2-7-3-4-8(19-7)6-16-11-9(14)5-10(15)12-13(11)18-20-17-12/h3-5,16H,2,6H2,1H3. The van der Waals surface area contributed by atoms with Crippen molar-refractivity contribution in [3.8, 4) is 0 Å². The lowest BCUT2D eigenvalue weighted by atomic mass is 10.2. The summed E-state index contributed by atoms with van der Waals surface area (Å²) in [6, 6.07) is 6.00. The quantitative estimate of drug-likeness (QED) is 0.704. The summed E-state index contributed by atoms with van der Waals surface area (Å²) in [6.45, 7) is 2.88. The van der Waals surface area contributed by atoms with Crippen LogP contribution < -0.4 is 5.32 Å². The number of hydrogen-bond donors (Lipinski definition) is 1. The van der Waals surface area contributed by atoms with E-state index in [-0.39, 0.29) is 0 Å². The van der Waals surface area contributed by atoms with Crippen LogP contribution in [-0.4, -0.2) is 8.75 Å². The van der Waals surface area contributed by atoms with Crippen molar-refractivity contribution in [1.82, 2.24) is 8.75 Å². The predicted molar refractivity (Wildman–Crippen MR) is 88.5 cm³/mol. The number of hydrogen-bond acceptors (Lipinski definition) is 5. The third-order valence-electron chi connectivity index (χ3n) is 2.95. The normalized spacial score (nSPS) is 11.2. The minimum Gasteiger partial charge on any atom is -0.377 e. The second kappa shape index (κ2) is 5.85. The van der Waals surface area contributed by atoms with Crippen LogP contribution in [0.1, 0.15) is 16.7 Å². The van der Waals surface area contributed by atoms with Gasteiger partial charge in [-0.2, -0.15) is 8.75 Å². The molecule has 3 nitrogen and oxygen atoms in total. The zero-order chi connectivity index (χ0) is 14.1. The molecule has 1 N–H and O–H groups in total. The van der Waals surface area contributed by atoms with E-state index in [1.807, 2.05) is 0 Å². The number of fused-ring (bicyclic) bond motifs is 1. The number of halogens is 2. The minimum atomic E-state index is 0.536. The SMILES string of the molecule is CCc1ccc(CNc2c(Cl)cc(Cl)c3nsnc23)s1. The Kier molecular flexibility index (Phi) is 4.12. The van der Waals surface area contributed by atoms with Crippen LogP contribution >= 0.6 is 46.3 Å². The number of nitrogens with zero attached hydrogens (tertiary/aromatic N) is 2. The molecule has 0 radical (unpaired) electrons. The molecule has 0 aliphatic heterocycles. The van der Waals surface area contributed by atoms with Crippen LogP contribution in [0.25, 0.3) is 11.0 Å². The number of nitrogens with one attached hydrogen (secondary N) is 1. The highest BCUT2D eigenvalue weighted by molar-refractivity contribution is 7.12. The van der Waals surface area contributed by atoms with E-state index in [0.717, 1.165) is 35.9 Å². The lowest BCUT2D eigenvalue weighted by molar-refractivity contribution is 1.19. The number of aromatic nitrogens is 2. The molecule has 0 amide bonds. The molecule has 2 heterocycles. The van der Waals surface area contributed by atoms with E-state index in [9.17, 15) is 0 Å². The molecular weight excluding hydrogens is 333 g/mol. The van der Waals surface area contributed by atoms with Gasteiger partial charge in [0.1, 0.15) is 11.0 Å². The highest BCUT2D eigenvalue weighted by Gasteiger charge is 2.13. The predicted octanol–water partition coefficient (Wildman–Crippen LogP) is 5.23. The minimum absolute atomic E-state index is 0.536. The largest absolute Gasteiger partial charge is 0.377 e. The fourth-order valence-corrected chi connectivity index (χ4v) is 4.00. The number of aryl methyl sites for hydroxylation is 1. The fourth-order valence-electron chi connectivity index (χ4n) is 1.93. The summed E-state index contributed by atoms with van der Waals surface area (Å²) < 4.78 is 8.47. The van der Waals surface area contributed by atoms with E-state index in [4.69, 9.17) is 23.2 Å². The van der Waals surface area contributed by atoms with Crippen LogP contribution in [-0.2, 0) is 13.0 Å². The van der Waals surface area contributed by atoms with Gasteiger partial charge in [0.2, 0.25) is 0 Å². The van der Waals surface area contributed by atoms with Gasteiger partial charge >= 0.3 is 0 Å². The third kappa shape index (κ3) is 2.63. The van der Waals surface area contributed by atoms with Crippen molar-refractivity contribution in [1.29, 1.82) is 0 Å². The molecule has 1 aromatic carbocycles. The number of thiophene rings is 1. The molecule has 0 unspecified atom stereocenters. The van der Waals surface area contributed by atoms with Crippen molar-refractivity contribution in [2.45, 2.75) is 19.9 Å². The van der Waals surface area contributed by atoms with Gasteiger partial charge in [0.25, 0.3) is 0 Å². The van der Waals surface area contributed by atoms with Gasteiger partial charge < -0.3 is 5.32 Å². The van der Waals surface area contributed by atoms with Gasteiger partial charge in [-0.05, 0) is 24.6 Å². The maximum absolute atomic E-state index is 6.26. The summed E-state index contributed by atoms with van der Waals surface area (Å²) in [4.78, 5) is 2.65. The van der Waals surface area contributed by atoms with E-state index in [1.165, 1.54) is 9.75 Å². The molecule has 0 aliphatic carbocycles. The zero-order valence-electron chi connectivity index (χ0n) is 10.6. The highest BCUT2D eigenvalue weighted by atomic mass is 35.5. The molecular formula is C13H11Cl2N3S2. The molecule has 0 saturated carbocycles. The Morgan fingerprint density at radius 2 is 1.85 bits per heavy atom. The van der Waals surface area contributed by atoms with Crippen LogP contribution in [0.3, 0.4) is 0 Å². The maximum atomic E-state index is 6.26. The first-order valence-corrected chi connectivity index (χ1v) is 8.41. The van der Waals surface area contributed by atoms with Crippen LogP contribution in [0.5, 0.6) is 0 Å². The van der Waals surface area contributed by atoms with Gasteiger partial charge in [-0.3, -0.25) is 0 Å². The molecule has 2 aromatic heterocycles. The Morgan fingerprint density at radius 3 is 2.60 bits per heavy atom. The van der Waals surface area contributed by atoms with E-state index in [2.05, 4.69) is 33.1 Å². The summed E-state index contributed by atoms with van der Waals surface area (Å²) >= 11 is 15.3. The zero-order valence-corrected chi connectivity index (χ0v) is 13.8. The van der Waals surface area contributed by atoms with Crippen molar-refractivity contribution < 1.29 is 0 Å². The molecule has 20 heavy (non-hydrogen) atoms. The first-order chi connectivity index (χ1) is 9.69.